The van der Waals surface area contributed by atoms with Gasteiger partial charge < -0.3 is 12.4 Å². The Bertz CT molecular complexity index is 978. The van der Waals surface area contributed by atoms with Gasteiger partial charge in [0.2, 0.25) is 0 Å². The Hall–Kier alpha value is -2.95. The highest BCUT2D eigenvalue weighted by atomic mass is 35.5. The van der Waals surface area contributed by atoms with E-state index in [9.17, 15) is 0 Å². The molecule has 142 valence electrons. The van der Waals surface area contributed by atoms with Crippen LogP contribution in [0.3, 0.4) is 0 Å². The van der Waals surface area contributed by atoms with Crippen molar-refractivity contribution >= 4 is 34.7 Å². The van der Waals surface area contributed by atoms with E-state index in [0.717, 1.165) is 5.69 Å². The van der Waals surface area contributed by atoms with Crippen LogP contribution in [0.25, 0.3) is 0 Å². The molecule has 0 fully saturated rings. The molecule has 1 nitrogen and oxygen atoms in total. The van der Waals surface area contributed by atoms with Crippen LogP contribution >= 0.6 is 7.26 Å². The van der Waals surface area contributed by atoms with Gasteiger partial charge in [-0.3, -0.25) is 0 Å². The van der Waals surface area contributed by atoms with Gasteiger partial charge in [0, 0.05) is 5.87 Å². The number of benzene rings is 4. The van der Waals surface area contributed by atoms with Crippen LogP contribution in [0.5, 0.6) is 0 Å². The fraction of sp³-hybridized carbons (Fsp3) is 0. The first-order chi connectivity index (χ1) is 13.9. The Morgan fingerprint density at radius 1 is 0.517 bits per heavy atom. The predicted octanol–water partition coefficient (Wildman–Crippen LogP) is 2.50. The van der Waals surface area contributed by atoms with E-state index in [-0.39, 0.29) is 12.4 Å². The van der Waals surface area contributed by atoms with Gasteiger partial charge in [-0.2, -0.15) is 0 Å². The summed E-state index contributed by atoms with van der Waals surface area (Å²) in [6.45, 7) is 0. The van der Waals surface area contributed by atoms with Crippen LogP contribution in [0.4, 0.5) is 5.69 Å². The Kier molecular flexibility index (Phi) is 7.17. The van der Waals surface area contributed by atoms with Crippen molar-refractivity contribution in [1.82, 2.24) is 0 Å². The van der Waals surface area contributed by atoms with E-state index in [2.05, 4.69) is 108 Å². The Balaban J connectivity index is 0.00000240. The minimum absolute atomic E-state index is 0. The quantitative estimate of drug-likeness (QED) is 0.352. The van der Waals surface area contributed by atoms with Crippen LogP contribution < -0.4 is 28.3 Å². The lowest BCUT2D eigenvalue weighted by Crippen LogP contribution is -3.00. The van der Waals surface area contributed by atoms with Gasteiger partial charge in [0.15, 0.2) is 0 Å². The maximum Gasteiger partial charge on any atom is 0.146 e. The average molecular weight is 414 g/mol. The van der Waals surface area contributed by atoms with Crippen molar-refractivity contribution < 1.29 is 12.4 Å². The molecule has 3 heteroatoms. The summed E-state index contributed by atoms with van der Waals surface area (Å²) in [7, 11) is -2.02. The van der Waals surface area contributed by atoms with Gasteiger partial charge in [-0.05, 0) is 48.5 Å². The summed E-state index contributed by atoms with van der Waals surface area (Å²) in [5.41, 5.74) is 0.908. The molecule has 0 spiro atoms. The number of aliphatic imine (C=N–C) groups is 1. The van der Waals surface area contributed by atoms with Gasteiger partial charge in [-0.1, -0.05) is 72.8 Å². The van der Waals surface area contributed by atoms with Gasteiger partial charge >= 0.3 is 0 Å². The maximum absolute atomic E-state index is 4.59. The zero-order chi connectivity index (χ0) is 19.1. The fourth-order valence-electron chi connectivity index (χ4n) is 3.35. The molecule has 4 aromatic carbocycles. The Morgan fingerprint density at radius 2 is 0.862 bits per heavy atom. The van der Waals surface area contributed by atoms with E-state index in [1.54, 1.807) is 0 Å². The SMILES string of the molecule is C(=C[P+](c1ccccc1)(c1ccccc1)c1ccccc1)=Nc1ccccc1.[Cl-]. The van der Waals surface area contributed by atoms with Crippen LogP contribution in [0.15, 0.2) is 132 Å². The molecule has 0 N–H and O–H groups in total. The zero-order valence-corrected chi connectivity index (χ0v) is 17.5. The molecule has 0 aliphatic carbocycles. The van der Waals surface area contributed by atoms with Gasteiger partial charge in [0.1, 0.15) is 29.0 Å². The molecule has 29 heavy (non-hydrogen) atoms. The van der Waals surface area contributed by atoms with Gasteiger partial charge in [-0.15, -0.1) is 0 Å². The molecule has 0 saturated heterocycles. The highest BCUT2D eigenvalue weighted by molar-refractivity contribution is 7.98. The smallest absolute Gasteiger partial charge is 0.146 e. The molecule has 0 radical (unpaired) electrons. The number of rotatable bonds is 5. The van der Waals surface area contributed by atoms with Crippen molar-refractivity contribution in [3.8, 4) is 0 Å². The fourth-order valence-corrected chi connectivity index (χ4v) is 6.85. The molecule has 4 aromatic rings. The van der Waals surface area contributed by atoms with Crippen LogP contribution in [-0.4, -0.2) is 5.87 Å². The van der Waals surface area contributed by atoms with Gasteiger partial charge in [0.25, 0.3) is 0 Å². The van der Waals surface area contributed by atoms with Crippen molar-refractivity contribution in [2.45, 2.75) is 0 Å². The largest absolute Gasteiger partial charge is 1.00 e. The molecule has 0 bridgehead atoms. The standard InChI is InChI=1S/C26H21NP.ClH/c1-5-13-23(14-6-1)27-21-22-28(24-15-7-2-8-16-24,25-17-9-3-10-18-25)26-19-11-4-12-20-26;/h1-20,22H;1H/q+1;/p-1. The predicted molar refractivity (Wildman–Crippen MR) is 123 cm³/mol. The summed E-state index contributed by atoms with van der Waals surface area (Å²) in [6.07, 6.45) is 0. The third-order valence-corrected chi connectivity index (χ3v) is 8.53. The third kappa shape index (κ3) is 4.56. The number of hydrogen-bond acceptors (Lipinski definition) is 1. The van der Waals surface area contributed by atoms with E-state index in [0.29, 0.717) is 0 Å². The monoisotopic (exact) mass is 413 g/mol. The molecular formula is C26H21ClNP. The summed E-state index contributed by atoms with van der Waals surface area (Å²) in [5.74, 6) is 5.48. The van der Waals surface area contributed by atoms with Gasteiger partial charge in [0.05, 0.1) is 5.69 Å². The minimum atomic E-state index is -2.02. The molecule has 4 rings (SSSR count). The first-order valence-electron chi connectivity index (χ1n) is 9.31. The molecule has 0 aromatic heterocycles. The van der Waals surface area contributed by atoms with Crippen molar-refractivity contribution in [3.05, 3.63) is 127 Å². The van der Waals surface area contributed by atoms with E-state index < -0.39 is 7.26 Å². The summed E-state index contributed by atoms with van der Waals surface area (Å²) in [5, 5.41) is 3.88. The van der Waals surface area contributed by atoms with Crippen LogP contribution in [0.2, 0.25) is 0 Å². The van der Waals surface area contributed by atoms with E-state index in [1.165, 1.54) is 15.9 Å². The molecule has 0 heterocycles. The van der Waals surface area contributed by atoms with Crippen LogP contribution in [0.1, 0.15) is 0 Å². The normalized spacial score (nSPS) is 10.3. The summed E-state index contributed by atoms with van der Waals surface area (Å²) >= 11 is 0. The lowest BCUT2D eigenvalue weighted by atomic mass is 10.3. The molecule has 0 saturated carbocycles. The van der Waals surface area contributed by atoms with Crippen molar-refractivity contribution in [2.75, 3.05) is 0 Å². The highest BCUT2D eigenvalue weighted by Gasteiger charge is 2.43. The van der Waals surface area contributed by atoms with E-state index in [4.69, 9.17) is 0 Å². The Morgan fingerprint density at radius 3 is 1.24 bits per heavy atom. The average Bonchev–Trinajstić information content (AvgIpc) is 2.79. The molecule has 0 unspecified atom stereocenters. The number of nitrogens with zero attached hydrogens (tertiary/aromatic N) is 1. The number of para-hydroxylation sites is 1. The lowest BCUT2D eigenvalue weighted by Gasteiger charge is -2.22. The molecule has 0 atom stereocenters. The minimum Gasteiger partial charge on any atom is -1.00 e. The van der Waals surface area contributed by atoms with Crippen molar-refractivity contribution in [3.63, 3.8) is 0 Å². The van der Waals surface area contributed by atoms with Crippen LogP contribution in [0, 0.1) is 0 Å². The Labute approximate surface area is 179 Å². The lowest BCUT2D eigenvalue weighted by molar-refractivity contribution is -0.00000538. The second kappa shape index (κ2) is 10.0. The molecule has 0 amide bonds. The summed E-state index contributed by atoms with van der Waals surface area (Å²) in [6, 6.07) is 42.1. The molecule has 0 aliphatic rings. The number of hydrogen-bond donors (Lipinski definition) is 0. The second-order valence-corrected chi connectivity index (χ2v) is 9.69. The molecular weight excluding hydrogens is 393 g/mol. The second-order valence-electron chi connectivity index (χ2n) is 6.43. The summed E-state index contributed by atoms with van der Waals surface area (Å²) < 4.78 is 0. The number of halogens is 1. The molecule has 0 aliphatic heterocycles. The first kappa shape index (κ1) is 20.8. The van der Waals surface area contributed by atoms with Crippen LogP contribution in [-0.2, 0) is 0 Å². The highest BCUT2D eigenvalue weighted by Crippen LogP contribution is 2.56. The van der Waals surface area contributed by atoms with E-state index >= 15 is 0 Å². The van der Waals surface area contributed by atoms with Gasteiger partial charge in [-0.25, -0.2) is 4.99 Å². The van der Waals surface area contributed by atoms with Crippen molar-refractivity contribution in [1.29, 1.82) is 0 Å². The maximum atomic E-state index is 4.59. The zero-order valence-electron chi connectivity index (χ0n) is 15.9. The summed E-state index contributed by atoms with van der Waals surface area (Å²) in [4.78, 5) is 4.59. The third-order valence-electron chi connectivity index (χ3n) is 4.69. The first-order valence-corrected chi connectivity index (χ1v) is 11.2. The van der Waals surface area contributed by atoms with Crippen molar-refractivity contribution in [2.24, 2.45) is 4.99 Å². The van der Waals surface area contributed by atoms with E-state index in [1.807, 2.05) is 30.3 Å². The topological polar surface area (TPSA) is 12.4 Å².